The first kappa shape index (κ1) is 14.3. The van der Waals surface area contributed by atoms with Crippen LogP contribution in [0.25, 0.3) is 0 Å². The van der Waals surface area contributed by atoms with Crippen molar-refractivity contribution in [3.63, 3.8) is 0 Å². The van der Waals surface area contributed by atoms with Crippen LogP contribution in [0.4, 0.5) is 4.39 Å². The third-order valence-electron chi connectivity index (χ3n) is 2.81. The minimum Gasteiger partial charge on any atom is -0.478 e. The molecule has 0 saturated heterocycles. The molecule has 0 aliphatic heterocycles. The Bertz CT molecular complexity index is 660. The van der Waals surface area contributed by atoms with Crippen LogP contribution in [0.15, 0.2) is 30.3 Å². The largest absolute Gasteiger partial charge is 0.478 e. The van der Waals surface area contributed by atoms with E-state index in [1.165, 1.54) is 6.07 Å². The number of hydrogen-bond donors (Lipinski definition) is 1. The molecule has 0 atom stereocenters. The van der Waals surface area contributed by atoms with Gasteiger partial charge in [0.05, 0.1) is 0 Å². The summed E-state index contributed by atoms with van der Waals surface area (Å²) in [5, 5.41) is 9.69. The molecule has 0 saturated carbocycles. The molecular formula is C15H12ClFO3. The molecule has 5 heteroatoms. The first-order valence-corrected chi connectivity index (χ1v) is 6.23. The highest BCUT2D eigenvalue weighted by Crippen LogP contribution is 2.31. The number of rotatable bonds is 3. The van der Waals surface area contributed by atoms with Crippen molar-refractivity contribution >= 4 is 17.6 Å². The van der Waals surface area contributed by atoms with E-state index in [0.717, 1.165) is 23.3 Å². The normalized spacial score (nSPS) is 10.4. The van der Waals surface area contributed by atoms with Gasteiger partial charge in [-0.3, -0.25) is 0 Å². The van der Waals surface area contributed by atoms with Gasteiger partial charge in [0, 0.05) is 5.02 Å². The summed E-state index contributed by atoms with van der Waals surface area (Å²) in [6.45, 7) is 3.65. The molecule has 2 aromatic rings. The molecule has 0 aromatic heterocycles. The Morgan fingerprint density at radius 1 is 1.20 bits per heavy atom. The fourth-order valence-corrected chi connectivity index (χ4v) is 1.96. The maximum atomic E-state index is 13.1. The number of halogens is 2. The van der Waals surface area contributed by atoms with Crippen LogP contribution >= 0.6 is 11.6 Å². The number of aromatic carboxylic acids is 1. The van der Waals surface area contributed by atoms with E-state index in [1.54, 1.807) is 12.1 Å². The molecule has 20 heavy (non-hydrogen) atoms. The molecule has 0 bridgehead atoms. The molecule has 0 unspecified atom stereocenters. The van der Waals surface area contributed by atoms with E-state index < -0.39 is 11.8 Å². The Labute approximate surface area is 120 Å². The van der Waals surface area contributed by atoms with E-state index in [0.29, 0.717) is 10.8 Å². The van der Waals surface area contributed by atoms with E-state index in [-0.39, 0.29) is 11.3 Å². The van der Waals surface area contributed by atoms with Gasteiger partial charge in [-0.15, -0.1) is 0 Å². The third kappa shape index (κ3) is 2.91. The predicted molar refractivity (Wildman–Crippen MR) is 74.4 cm³/mol. The zero-order chi connectivity index (χ0) is 14.9. The predicted octanol–water partition coefficient (Wildman–Crippen LogP) is 4.59. The number of carboxylic acids is 1. The molecule has 0 radical (unpaired) electrons. The third-order valence-corrected chi connectivity index (χ3v) is 3.41. The van der Waals surface area contributed by atoms with Crippen LogP contribution in [0.5, 0.6) is 11.5 Å². The average Bonchev–Trinajstić information content (AvgIpc) is 2.37. The first-order valence-electron chi connectivity index (χ1n) is 5.86. The summed E-state index contributed by atoms with van der Waals surface area (Å²) in [6, 6.07) is 6.76. The number of hydrogen-bond acceptors (Lipinski definition) is 2. The maximum Gasteiger partial charge on any atom is 0.339 e. The van der Waals surface area contributed by atoms with Gasteiger partial charge < -0.3 is 9.84 Å². The van der Waals surface area contributed by atoms with Crippen molar-refractivity contribution < 1.29 is 19.0 Å². The quantitative estimate of drug-likeness (QED) is 0.901. The molecule has 0 amide bonds. The Balaban J connectivity index is 2.42. The van der Waals surface area contributed by atoms with Crippen LogP contribution in [-0.4, -0.2) is 11.1 Å². The number of carbonyl (C=O) groups is 1. The molecule has 0 aliphatic carbocycles. The van der Waals surface area contributed by atoms with Crippen molar-refractivity contribution in [1.82, 2.24) is 0 Å². The zero-order valence-corrected chi connectivity index (χ0v) is 11.7. The molecule has 0 spiro atoms. The summed E-state index contributed by atoms with van der Waals surface area (Å²) in [7, 11) is 0. The van der Waals surface area contributed by atoms with Gasteiger partial charge in [-0.05, 0) is 55.3 Å². The lowest BCUT2D eigenvalue weighted by Crippen LogP contribution is -2.01. The minimum absolute atomic E-state index is 0.0834. The lowest BCUT2D eigenvalue weighted by Gasteiger charge is -2.11. The molecule has 0 fully saturated rings. The number of aryl methyl sites for hydroxylation is 2. The minimum atomic E-state index is -1.25. The Morgan fingerprint density at radius 3 is 2.35 bits per heavy atom. The molecule has 0 heterocycles. The fraction of sp³-hybridized carbons (Fsp3) is 0.133. The smallest absolute Gasteiger partial charge is 0.339 e. The molecule has 104 valence electrons. The zero-order valence-electron chi connectivity index (χ0n) is 10.9. The Morgan fingerprint density at radius 2 is 1.80 bits per heavy atom. The number of ether oxygens (including phenoxy) is 1. The van der Waals surface area contributed by atoms with Crippen molar-refractivity contribution in [2.24, 2.45) is 0 Å². The van der Waals surface area contributed by atoms with Gasteiger partial charge >= 0.3 is 5.97 Å². The second-order valence-electron chi connectivity index (χ2n) is 4.42. The van der Waals surface area contributed by atoms with Crippen molar-refractivity contribution in [2.75, 3.05) is 0 Å². The molecule has 3 nitrogen and oxygen atoms in total. The van der Waals surface area contributed by atoms with Gasteiger partial charge in [-0.25, -0.2) is 9.18 Å². The van der Waals surface area contributed by atoms with Gasteiger partial charge in [0.15, 0.2) is 0 Å². The number of carboxylic acid groups (broad SMARTS) is 1. The van der Waals surface area contributed by atoms with Gasteiger partial charge in [-0.1, -0.05) is 11.6 Å². The van der Waals surface area contributed by atoms with Crippen LogP contribution in [0, 0.1) is 19.7 Å². The second-order valence-corrected chi connectivity index (χ2v) is 4.80. The molecule has 1 N–H and O–H groups in total. The topological polar surface area (TPSA) is 46.5 Å². The summed E-state index contributed by atoms with van der Waals surface area (Å²) >= 11 is 6.06. The summed E-state index contributed by atoms with van der Waals surface area (Å²) in [5.41, 5.74) is 1.41. The standard InChI is InChI=1S/C15H12ClFO3/c1-8-5-11(6-9(2)14(8)16)20-13-4-3-10(17)7-12(13)15(18)19/h3-7H,1-2H3,(H,18,19). The maximum absolute atomic E-state index is 13.1. The van der Waals surface area contributed by atoms with Gasteiger partial charge in [-0.2, -0.15) is 0 Å². The highest BCUT2D eigenvalue weighted by atomic mass is 35.5. The second kappa shape index (κ2) is 5.51. The summed E-state index contributed by atoms with van der Waals surface area (Å²) in [4.78, 5) is 11.1. The van der Waals surface area contributed by atoms with E-state index in [1.807, 2.05) is 13.8 Å². The van der Waals surface area contributed by atoms with E-state index >= 15 is 0 Å². The lowest BCUT2D eigenvalue weighted by atomic mass is 10.1. The molecule has 2 aromatic carbocycles. The van der Waals surface area contributed by atoms with E-state index in [4.69, 9.17) is 21.4 Å². The fourth-order valence-electron chi connectivity index (χ4n) is 1.85. The molecule has 2 rings (SSSR count). The lowest BCUT2D eigenvalue weighted by molar-refractivity contribution is 0.0693. The number of benzene rings is 2. The molecular weight excluding hydrogens is 283 g/mol. The summed E-state index contributed by atoms with van der Waals surface area (Å²) in [5.74, 6) is -1.33. The van der Waals surface area contributed by atoms with Crippen LogP contribution in [-0.2, 0) is 0 Å². The van der Waals surface area contributed by atoms with Crippen molar-refractivity contribution in [2.45, 2.75) is 13.8 Å². The molecule has 0 aliphatic rings. The average molecular weight is 295 g/mol. The summed E-state index contributed by atoms with van der Waals surface area (Å²) in [6.07, 6.45) is 0. The SMILES string of the molecule is Cc1cc(Oc2ccc(F)cc2C(=O)O)cc(C)c1Cl. The first-order chi connectivity index (χ1) is 9.38. The highest BCUT2D eigenvalue weighted by molar-refractivity contribution is 6.32. The van der Waals surface area contributed by atoms with Gasteiger partial charge in [0.1, 0.15) is 22.9 Å². The Kier molecular flexibility index (Phi) is 3.95. The van der Waals surface area contributed by atoms with Crippen LogP contribution in [0.3, 0.4) is 0 Å². The van der Waals surface area contributed by atoms with Crippen molar-refractivity contribution in [3.8, 4) is 11.5 Å². The van der Waals surface area contributed by atoms with Crippen molar-refractivity contribution in [1.29, 1.82) is 0 Å². The highest BCUT2D eigenvalue weighted by Gasteiger charge is 2.14. The van der Waals surface area contributed by atoms with Crippen LogP contribution in [0.1, 0.15) is 21.5 Å². The van der Waals surface area contributed by atoms with Crippen LogP contribution < -0.4 is 4.74 Å². The van der Waals surface area contributed by atoms with E-state index in [2.05, 4.69) is 0 Å². The summed E-state index contributed by atoms with van der Waals surface area (Å²) < 4.78 is 18.6. The van der Waals surface area contributed by atoms with Crippen molar-refractivity contribution in [3.05, 3.63) is 57.9 Å². The Hall–Kier alpha value is -2.07. The van der Waals surface area contributed by atoms with Gasteiger partial charge in [0.2, 0.25) is 0 Å². The van der Waals surface area contributed by atoms with Gasteiger partial charge in [0.25, 0.3) is 0 Å². The van der Waals surface area contributed by atoms with E-state index in [9.17, 15) is 9.18 Å². The van der Waals surface area contributed by atoms with Crippen LogP contribution in [0.2, 0.25) is 5.02 Å². The monoisotopic (exact) mass is 294 g/mol.